The Bertz CT molecular complexity index is 374. The summed E-state index contributed by atoms with van der Waals surface area (Å²) in [6.07, 6.45) is 1.04. The lowest BCUT2D eigenvalue weighted by Gasteiger charge is -2.22. The Kier molecular flexibility index (Phi) is 4.42. The second-order valence-corrected chi connectivity index (χ2v) is 5.27. The molecule has 2 nitrogen and oxygen atoms in total. The summed E-state index contributed by atoms with van der Waals surface area (Å²) < 4.78 is 0. The molecule has 0 aliphatic heterocycles. The molecular formula is C13H19NOS. The van der Waals surface area contributed by atoms with E-state index < -0.39 is 0 Å². The van der Waals surface area contributed by atoms with Crippen molar-refractivity contribution in [2.24, 2.45) is 5.41 Å². The Hall–Kier alpha value is -0.960. The van der Waals surface area contributed by atoms with Crippen molar-refractivity contribution in [3.05, 3.63) is 29.8 Å². The van der Waals surface area contributed by atoms with Crippen LogP contribution in [-0.2, 0) is 0 Å². The minimum absolute atomic E-state index is 0.0302. The number of hydrogen-bond donors (Lipinski definition) is 2. The molecule has 0 aromatic heterocycles. The average molecular weight is 237 g/mol. The summed E-state index contributed by atoms with van der Waals surface area (Å²) in [5, 5.41) is 2.94. The molecule has 0 heterocycles. The normalized spacial score (nSPS) is 11.2. The van der Waals surface area contributed by atoms with Crippen molar-refractivity contribution in [2.75, 3.05) is 6.54 Å². The third kappa shape index (κ3) is 3.89. The van der Waals surface area contributed by atoms with Gasteiger partial charge in [-0.1, -0.05) is 26.8 Å². The number of rotatable bonds is 4. The molecule has 0 atom stereocenters. The minimum Gasteiger partial charge on any atom is -0.352 e. The highest BCUT2D eigenvalue weighted by molar-refractivity contribution is 7.80. The van der Waals surface area contributed by atoms with Crippen molar-refractivity contribution in [1.82, 2.24) is 5.32 Å². The van der Waals surface area contributed by atoms with Crippen molar-refractivity contribution in [3.8, 4) is 0 Å². The van der Waals surface area contributed by atoms with Crippen LogP contribution in [0.25, 0.3) is 0 Å². The van der Waals surface area contributed by atoms with Crippen LogP contribution in [0.5, 0.6) is 0 Å². The van der Waals surface area contributed by atoms with Gasteiger partial charge in [0.15, 0.2) is 0 Å². The van der Waals surface area contributed by atoms with Crippen LogP contribution in [0.4, 0.5) is 0 Å². The average Bonchev–Trinajstić information content (AvgIpc) is 2.26. The van der Waals surface area contributed by atoms with E-state index in [0.29, 0.717) is 12.1 Å². The summed E-state index contributed by atoms with van der Waals surface area (Å²) in [6, 6.07) is 7.27. The monoisotopic (exact) mass is 237 g/mol. The number of carbonyl (C=O) groups excluding carboxylic acids is 1. The third-order valence-electron chi connectivity index (χ3n) is 2.79. The number of carbonyl (C=O) groups is 1. The largest absolute Gasteiger partial charge is 0.352 e. The van der Waals surface area contributed by atoms with Crippen LogP contribution in [0.3, 0.4) is 0 Å². The molecule has 0 saturated carbocycles. The molecule has 0 aliphatic carbocycles. The van der Waals surface area contributed by atoms with Gasteiger partial charge in [0.2, 0.25) is 0 Å². The van der Waals surface area contributed by atoms with E-state index in [1.165, 1.54) is 0 Å². The number of benzene rings is 1. The van der Waals surface area contributed by atoms with Crippen molar-refractivity contribution in [3.63, 3.8) is 0 Å². The van der Waals surface area contributed by atoms with E-state index in [9.17, 15) is 4.79 Å². The van der Waals surface area contributed by atoms with Crippen LogP contribution >= 0.6 is 12.6 Å². The summed E-state index contributed by atoms with van der Waals surface area (Å²) >= 11 is 4.21. The fraction of sp³-hybridized carbons (Fsp3) is 0.462. The van der Waals surface area contributed by atoms with Gasteiger partial charge in [-0.3, -0.25) is 4.79 Å². The lowest BCUT2D eigenvalue weighted by atomic mass is 9.90. The van der Waals surface area contributed by atoms with Crippen molar-refractivity contribution < 1.29 is 4.79 Å². The fourth-order valence-electron chi connectivity index (χ4n) is 1.19. The first kappa shape index (κ1) is 13.1. The molecule has 1 amide bonds. The highest BCUT2D eigenvalue weighted by atomic mass is 32.1. The Morgan fingerprint density at radius 1 is 1.44 bits per heavy atom. The predicted octanol–water partition coefficient (Wildman–Crippen LogP) is 3.14. The van der Waals surface area contributed by atoms with Gasteiger partial charge in [0.1, 0.15) is 0 Å². The first-order valence-corrected chi connectivity index (χ1v) is 5.96. The Labute approximate surface area is 103 Å². The van der Waals surface area contributed by atoms with Gasteiger partial charge in [-0.15, -0.1) is 12.6 Å². The minimum atomic E-state index is -0.0302. The maximum atomic E-state index is 11.8. The number of thiol groups is 1. The molecule has 0 bridgehead atoms. The second kappa shape index (κ2) is 5.39. The lowest BCUT2D eigenvalue weighted by Crippen LogP contribution is -2.33. The lowest BCUT2D eigenvalue weighted by molar-refractivity contribution is 0.0935. The topological polar surface area (TPSA) is 29.1 Å². The van der Waals surface area contributed by atoms with Gasteiger partial charge in [-0.25, -0.2) is 0 Å². The molecule has 1 aromatic carbocycles. The smallest absolute Gasteiger partial charge is 0.251 e. The van der Waals surface area contributed by atoms with E-state index in [-0.39, 0.29) is 11.3 Å². The number of nitrogens with one attached hydrogen (secondary N) is 1. The van der Waals surface area contributed by atoms with Crippen molar-refractivity contribution in [1.29, 1.82) is 0 Å². The van der Waals surface area contributed by atoms with Crippen molar-refractivity contribution in [2.45, 2.75) is 32.1 Å². The van der Waals surface area contributed by atoms with Gasteiger partial charge >= 0.3 is 0 Å². The molecule has 0 saturated heterocycles. The summed E-state index contributed by atoms with van der Waals surface area (Å²) in [5.74, 6) is -0.0302. The summed E-state index contributed by atoms with van der Waals surface area (Å²) in [5.41, 5.74) is 0.813. The molecule has 88 valence electrons. The van der Waals surface area contributed by atoms with Crippen LogP contribution < -0.4 is 5.32 Å². The highest BCUT2D eigenvalue weighted by Crippen LogP contribution is 2.18. The SMILES string of the molecule is CCC(C)(C)CNC(=O)c1cccc(S)c1. The van der Waals surface area contributed by atoms with E-state index in [1.54, 1.807) is 12.1 Å². The van der Waals surface area contributed by atoms with Crippen LogP contribution in [0.2, 0.25) is 0 Å². The van der Waals surface area contributed by atoms with Gasteiger partial charge in [-0.2, -0.15) is 0 Å². The number of hydrogen-bond acceptors (Lipinski definition) is 2. The van der Waals surface area contributed by atoms with Crippen LogP contribution in [0.1, 0.15) is 37.6 Å². The Morgan fingerprint density at radius 3 is 2.69 bits per heavy atom. The maximum absolute atomic E-state index is 11.8. The molecule has 3 heteroatoms. The van der Waals surface area contributed by atoms with E-state index in [2.05, 4.69) is 38.7 Å². The van der Waals surface area contributed by atoms with Crippen LogP contribution in [-0.4, -0.2) is 12.5 Å². The standard InChI is InChI=1S/C13H19NOS/c1-4-13(2,3)9-14-12(15)10-6-5-7-11(16)8-10/h5-8,16H,4,9H2,1-3H3,(H,14,15). The van der Waals surface area contributed by atoms with E-state index >= 15 is 0 Å². The Balaban J connectivity index is 2.60. The zero-order valence-corrected chi connectivity index (χ0v) is 11.0. The van der Waals surface area contributed by atoms with E-state index in [0.717, 1.165) is 11.3 Å². The maximum Gasteiger partial charge on any atom is 0.251 e. The van der Waals surface area contributed by atoms with Gasteiger partial charge in [0, 0.05) is 17.0 Å². The molecule has 16 heavy (non-hydrogen) atoms. The molecule has 0 spiro atoms. The number of amides is 1. The van der Waals surface area contributed by atoms with Gasteiger partial charge < -0.3 is 5.32 Å². The first-order chi connectivity index (χ1) is 7.44. The third-order valence-corrected chi connectivity index (χ3v) is 3.07. The molecule has 0 unspecified atom stereocenters. The van der Waals surface area contributed by atoms with Gasteiger partial charge in [0.05, 0.1) is 0 Å². The van der Waals surface area contributed by atoms with Crippen LogP contribution in [0, 0.1) is 5.41 Å². The van der Waals surface area contributed by atoms with Crippen molar-refractivity contribution >= 4 is 18.5 Å². The van der Waals surface area contributed by atoms with E-state index in [4.69, 9.17) is 0 Å². The van der Waals surface area contributed by atoms with E-state index in [1.807, 2.05) is 12.1 Å². The second-order valence-electron chi connectivity index (χ2n) is 4.75. The molecule has 0 fully saturated rings. The molecule has 1 aromatic rings. The molecule has 0 aliphatic rings. The summed E-state index contributed by atoms with van der Waals surface area (Å²) in [6.45, 7) is 7.10. The molecule has 0 radical (unpaired) electrons. The van der Waals surface area contributed by atoms with Gasteiger partial charge in [-0.05, 0) is 30.0 Å². The quantitative estimate of drug-likeness (QED) is 0.774. The fourth-order valence-corrected chi connectivity index (χ4v) is 1.42. The molecular weight excluding hydrogens is 218 g/mol. The first-order valence-electron chi connectivity index (χ1n) is 5.52. The predicted molar refractivity (Wildman–Crippen MR) is 70.1 cm³/mol. The molecule has 1 rings (SSSR count). The Morgan fingerprint density at radius 2 is 2.12 bits per heavy atom. The van der Waals surface area contributed by atoms with Crippen LogP contribution in [0.15, 0.2) is 29.2 Å². The summed E-state index contributed by atoms with van der Waals surface area (Å²) in [7, 11) is 0. The highest BCUT2D eigenvalue weighted by Gasteiger charge is 2.16. The zero-order valence-electron chi connectivity index (χ0n) is 10.1. The zero-order chi connectivity index (χ0) is 12.2. The van der Waals surface area contributed by atoms with Gasteiger partial charge in [0.25, 0.3) is 5.91 Å². The summed E-state index contributed by atoms with van der Waals surface area (Å²) in [4.78, 5) is 12.6. The molecule has 1 N–H and O–H groups in total.